The first-order valence-electron chi connectivity index (χ1n) is 9.08. The Bertz CT molecular complexity index is 653. The fourth-order valence-electron chi connectivity index (χ4n) is 3.60. The summed E-state index contributed by atoms with van der Waals surface area (Å²) < 4.78 is 5.74. The summed E-state index contributed by atoms with van der Waals surface area (Å²) in [4.78, 5) is 26.2. The van der Waals surface area contributed by atoms with Crippen LogP contribution < -0.4 is 15.5 Å². The van der Waals surface area contributed by atoms with E-state index < -0.39 is 4.92 Å². The van der Waals surface area contributed by atoms with Crippen molar-refractivity contribution >= 4 is 23.3 Å². The third-order valence-electron chi connectivity index (χ3n) is 4.88. The third kappa shape index (κ3) is 3.80. The second-order valence-electron chi connectivity index (χ2n) is 6.92. The Morgan fingerprint density at radius 3 is 2.31 bits per heavy atom. The normalized spacial score (nSPS) is 24.7. The summed E-state index contributed by atoms with van der Waals surface area (Å²) in [6.07, 6.45) is -0.0721. The summed E-state index contributed by atoms with van der Waals surface area (Å²) in [5.41, 5.74) is 5.75. The molecule has 0 radical (unpaired) electrons. The average molecular weight is 365 g/mol. The molecule has 0 saturated carbocycles. The van der Waals surface area contributed by atoms with Crippen LogP contribution in [0.1, 0.15) is 20.8 Å². The molecular formula is C16H27N7O3. The Hall–Kier alpha value is -2.20. The molecule has 26 heavy (non-hydrogen) atoms. The lowest BCUT2D eigenvalue weighted by atomic mass is 10.2. The fourth-order valence-corrected chi connectivity index (χ4v) is 3.60. The Morgan fingerprint density at radius 1 is 1.15 bits per heavy atom. The number of hydrogen-bond acceptors (Lipinski definition) is 9. The first-order chi connectivity index (χ1) is 12.4. The largest absolute Gasteiger partial charge is 0.378 e. The first-order valence-corrected chi connectivity index (χ1v) is 9.08. The highest BCUT2D eigenvalue weighted by molar-refractivity contribution is 5.71. The smallest absolute Gasteiger partial charge is 0.353 e. The lowest BCUT2D eigenvalue weighted by Gasteiger charge is -2.37. The molecule has 0 aromatic carbocycles. The van der Waals surface area contributed by atoms with Crippen LogP contribution in [0.3, 0.4) is 0 Å². The number of nitrogens with two attached hydrogens (primary N) is 1. The highest BCUT2D eigenvalue weighted by Gasteiger charge is 2.33. The molecule has 2 unspecified atom stereocenters. The minimum absolute atomic E-state index is 0.0360. The SMILES string of the molecule is CCN1CCN(c2nc(N)c([N+](=O)[O-])c(N3CC(C)OC(C)C3)n2)CC1. The van der Waals surface area contributed by atoms with Gasteiger partial charge < -0.3 is 25.2 Å². The molecule has 10 heteroatoms. The Balaban J connectivity index is 1.93. The van der Waals surface area contributed by atoms with Crippen molar-refractivity contribution in [1.29, 1.82) is 0 Å². The predicted octanol–water partition coefficient (Wildman–Crippen LogP) is 0.723. The van der Waals surface area contributed by atoms with E-state index in [9.17, 15) is 10.1 Å². The zero-order valence-corrected chi connectivity index (χ0v) is 15.6. The van der Waals surface area contributed by atoms with Crippen molar-refractivity contribution in [3.05, 3.63) is 10.1 Å². The number of nitrogens with zero attached hydrogens (tertiary/aromatic N) is 6. The predicted molar refractivity (Wildman–Crippen MR) is 99.6 cm³/mol. The Kier molecular flexibility index (Phi) is 5.42. The summed E-state index contributed by atoms with van der Waals surface area (Å²) in [5.74, 6) is 0.669. The number of morpholine rings is 1. The summed E-state index contributed by atoms with van der Waals surface area (Å²) >= 11 is 0. The van der Waals surface area contributed by atoms with E-state index in [0.717, 1.165) is 32.7 Å². The summed E-state index contributed by atoms with van der Waals surface area (Å²) in [6.45, 7) is 11.5. The average Bonchev–Trinajstić information content (AvgIpc) is 2.60. The fraction of sp³-hybridized carbons (Fsp3) is 0.750. The van der Waals surface area contributed by atoms with Gasteiger partial charge in [0.05, 0.1) is 17.1 Å². The van der Waals surface area contributed by atoms with Crippen molar-refractivity contribution in [1.82, 2.24) is 14.9 Å². The van der Waals surface area contributed by atoms with Crippen molar-refractivity contribution in [3.63, 3.8) is 0 Å². The lowest BCUT2D eigenvalue weighted by molar-refractivity contribution is -0.383. The highest BCUT2D eigenvalue weighted by Crippen LogP contribution is 2.34. The summed E-state index contributed by atoms with van der Waals surface area (Å²) in [5, 5.41) is 11.6. The maximum Gasteiger partial charge on any atom is 0.353 e. The molecule has 2 aliphatic rings. The van der Waals surface area contributed by atoms with E-state index in [1.165, 1.54) is 0 Å². The van der Waals surface area contributed by atoms with Gasteiger partial charge >= 0.3 is 5.69 Å². The second kappa shape index (κ2) is 7.58. The quantitative estimate of drug-likeness (QED) is 0.609. The molecular weight excluding hydrogens is 338 g/mol. The van der Waals surface area contributed by atoms with E-state index in [1.807, 2.05) is 23.6 Å². The lowest BCUT2D eigenvalue weighted by Crippen LogP contribution is -2.48. The molecule has 0 aliphatic carbocycles. The summed E-state index contributed by atoms with van der Waals surface area (Å²) in [7, 11) is 0. The Morgan fingerprint density at radius 2 is 1.77 bits per heavy atom. The van der Waals surface area contributed by atoms with E-state index in [0.29, 0.717) is 19.0 Å². The zero-order valence-electron chi connectivity index (χ0n) is 15.6. The molecule has 2 atom stereocenters. The topological polar surface area (TPSA) is 114 Å². The number of nitro groups is 1. The monoisotopic (exact) mass is 365 g/mol. The maximum absolute atomic E-state index is 11.6. The molecule has 10 nitrogen and oxygen atoms in total. The second-order valence-corrected chi connectivity index (χ2v) is 6.92. The van der Waals surface area contributed by atoms with Crippen LogP contribution in [-0.4, -0.2) is 77.8 Å². The molecule has 1 aromatic heterocycles. The highest BCUT2D eigenvalue weighted by atomic mass is 16.6. The van der Waals surface area contributed by atoms with E-state index in [4.69, 9.17) is 10.5 Å². The number of rotatable bonds is 4. The van der Waals surface area contributed by atoms with Crippen LogP contribution in [0.2, 0.25) is 0 Å². The number of likely N-dealkylation sites (N-methyl/N-ethyl adjacent to an activating group) is 1. The van der Waals surface area contributed by atoms with E-state index in [1.54, 1.807) is 0 Å². The van der Waals surface area contributed by atoms with Gasteiger partial charge in [0.1, 0.15) is 0 Å². The van der Waals surface area contributed by atoms with Crippen LogP contribution >= 0.6 is 0 Å². The van der Waals surface area contributed by atoms with Gasteiger partial charge in [-0.2, -0.15) is 9.97 Å². The molecule has 2 N–H and O–H groups in total. The van der Waals surface area contributed by atoms with Crippen molar-refractivity contribution in [2.75, 3.05) is 61.3 Å². The van der Waals surface area contributed by atoms with Crippen molar-refractivity contribution in [3.8, 4) is 0 Å². The van der Waals surface area contributed by atoms with Crippen LogP contribution in [0, 0.1) is 10.1 Å². The zero-order chi connectivity index (χ0) is 18.8. The number of aromatic nitrogens is 2. The van der Waals surface area contributed by atoms with Crippen LogP contribution in [0.25, 0.3) is 0 Å². The molecule has 0 amide bonds. The molecule has 3 heterocycles. The van der Waals surface area contributed by atoms with Gasteiger partial charge in [0, 0.05) is 39.3 Å². The van der Waals surface area contributed by atoms with Gasteiger partial charge in [-0.25, -0.2) is 0 Å². The number of nitrogen functional groups attached to an aromatic ring is 1. The van der Waals surface area contributed by atoms with Crippen molar-refractivity contribution in [2.24, 2.45) is 0 Å². The van der Waals surface area contributed by atoms with Crippen molar-refractivity contribution in [2.45, 2.75) is 33.0 Å². The molecule has 2 aliphatic heterocycles. The minimum Gasteiger partial charge on any atom is -0.378 e. The molecule has 1 aromatic rings. The Labute approximate surface area is 153 Å². The van der Waals surface area contributed by atoms with Gasteiger partial charge in [-0.15, -0.1) is 0 Å². The first kappa shape index (κ1) is 18.6. The van der Waals surface area contributed by atoms with Gasteiger partial charge in [-0.05, 0) is 20.4 Å². The number of piperazine rings is 1. The molecule has 0 bridgehead atoms. The molecule has 2 fully saturated rings. The molecule has 144 valence electrons. The standard InChI is InChI=1S/C16H27N7O3/c1-4-20-5-7-21(8-6-20)16-18-14(17)13(23(24)25)15(19-16)22-9-11(2)26-12(3)10-22/h11-12H,4-10H2,1-3H3,(H2,17,18,19). The van der Waals surface area contributed by atoms with Crippen LogP contribution in [0.4, 0.5) is 23.3 Å². The molecule has 2 saturated heterocycles. The van der Waals surface area contributed by atoms with Gasteiger partial charge in [0.25, 0.3) is 0 Å². The van der Waals surface area contributed by atoms with E-state index in [-0.39, 0.29) is 29.5 Å². The number of hydrogen-bond donors (Lipinski definition) is 1. The summed E-state index contributed by atoms with van der Waals surface area (Å²) in [6, 6.07) is 0. The maximum atomic E-state index is 11.6. The molecule has 0 spiro atoms. The minimum atomic E-state index is -0.492. The molecule has 3 rings (SSSR count). The van der Waals surface area contributed by atoms with Crippen LogP contribution in [0.15, 0.2) is 0 Å². The van der Waals surface area contributed by atoms with Gasteiger partial charge in [-0.3, -0.25) is 10.1 Å². The van der Waals surface area contributed by atoms with Gasteiger partial charge in [0.15, 0.2) is 0 Å². The van der Waals surface area contributed by atoms with Crippen molar-refractivity contribution < 1.29 is 9.66 Å². The number of ether oxygens (including phenoxy) is 1. The van der Waals surface area contributed by atoms with Gasteiger partial charge in [-0.1, -0.05) is 6.92 Å². The number of anilines is 3. The van der Waals surface area contributed by atoms with Crippen LogP contribution in [0.5, 0.6) is 0 Å². The van der Waals surface area contributed by atoms with E-state index in [2.05, 4.69) is 21.8 Å². The van der Waals surface area contributed by atoms with E-state index >= 15 is 0 Å². The van der Waals surface area contributed by atoms with Gasteiger partial charge in [0.2, 0.25) is 17.6 Å². The van der Waals surface area contributed by atoms with Crippen LogP contribution in [-0.2, 0) is 4.74 Å². The third-order valence-corrected chi connectivity index (χ3v) is 4.88.